The van der Waals surface area contributed by atoms with Crippen LogP contribution in [0.15, 0.2) is 38.9 Å². The average Bonchev–Trinajstić information content (AvgIpc) is 3.24. The fraction of sp³-hybridized carbons (Fsp3) is 0.316. The Hall–Kier alpha value is -2.35. The molecule has 0 aliphatic carbocycles. The third-order valence-electron chi connectivity index (χ3n) is 5.14. The molecule has 2 aromatic heterocycles. The van der Waals surface area contributed by atoms with E-state index in [1.807, 2.05) is 29.5 Å². The van der Waals surface area contributed by atoms with E-state index in [4.69, 9.17) is 4.42 Å². The molecular weight excluding hydrogens is 354 g/mol. The molecule has 3 heterocycles. The van der Waals surface area contributed by atoms with Crippen LogP contribution in [0.2, 0.25) is 0 Å². The number of likely N-dealkylation sites (tertiary alicyclic amines) is 1. The fourth-order valence-electron chi connectivity index (χ4n) is 3.83. The summed E-state index contributed by atoms with van der Waals surface area (Å²) in [6.45, 7) is 0.685. The van der Waals surface area contributed by atoms with Crippen molar-refractivity contribution in [3.8, 4) is 22.1 Å². The van der Waals surface area contributed by atoms with Crippen molar-refractivity contribution in [2.45, 2.75) is 18.4 Å². The summed E-state index contributed by atoms with van der Waals surface area (Å²) in [5.74, 6) is -0.231. The van der Waals surface area contributed by atoms with E-state index in [1.165, 1.54) is 23.5 Å². The highest BCUT2D eigenvalue weighted by Gasteiger charge is 2.36. The van der Waals surface area contributed by atoms with E-state index in [1.54, 1.807) is 0 Å². The van der Waals surface area contributed by atoms with Crippen LogP contribution < -0.4 is 5.43 Å². The zero-order valence-corrected chi connectivity index (χ0v) is 15.0. The molecule has 2 unspecified atom stereocenters. The van der Waals surface area contributed by atoms with Crippen molar-refractivity contribution < 1.29 is 19.7 Å². The van der Waals surface area contributed by atoms with Gasteiger partial charge in [-0.3, -0.25) is 4.79 Å². The summed E-state index contributed by atoms with van der Waals surface area (Å²) in [6.07, 6.45) is 0.710. The van der Waals surface area contributed by atoms with Crippen molar-refractivity contribution in [1.82, 2.24) is 4.90 Å². The largest absolute Gasteiger partial charge is 0.507 e. The molecule has 2 atom stereocenters. The second kappa shape index (κ2) is 6.42. The zero-order chi connectivity index (χ0) is 18.4. The standard InChI is InChI=1S/C19H19NO5S/c1-20-5-4-10(11(20)9-21)17-12(22)7-13(23)18-14(24)8-15(25-19(17)18)16-3-2-6-26-16/h2-3,6-8,10-11,21-23H,4-5,9H2,1H3. The van der Waals surface area contributed by atoms with E-state index in [0.29, 0.717) is 17.7 Å². The molecule has 1 aromatic carbocycles. The number of thiophene rings is 1. The van der Waals surface area contributed by atoms with Gasteiger partial charge in [0.15, 0.2) is 5.43 Å². The smallest absolute Gasteiger partial charge is 0.197 e. The van der Waals surface area contributed by atoms with Crippen molar-refractivity contribution in [2.24, 2.45) is 0 Å². The number of aromatic hydroxyl groups is 2. The van der Waals surface area contributed by atoms with Crippen LogP contribution in [-0.4, -0.2) is 46.5 Å². The molecule has 0 saturated carbocycles. The molecule has 1 saturated heterocycles. The molecular formula is C19H19NO5S. The highest BCUT2D eigenvalue weighted by atomic mass is 32.1. The van der Waals surface area contributed by atoms with Crippen molar-refractivity contribution in [3.05, 3.63) is 45.4 Å². The van der Waals surface area contributed by atoms with Gasteiger partial charge in [0.05, 0.1) is 11.5 Å². The van der Waals surface area contributed by atoms with E-state index >= 15 is 0 Å². The Kier molecular flexibility index (Phi) is 4.22. The van der Waals surface area contributed by atoms with Gasteiger partial charge in [-0.2, -0.15) is 0 Å². The minimum absolute atomic E-state index is 0.0596. The molecule has 1 aliphatic rings. The number of phenolic OH excluding ortho intramolecular Hbond substituents is 2. The summed E-state index contributed by atoms with van der Waals surface area (Å²) in [5, 5.41) is 32.5. The lowest BCUT2D eigenvalue weighted by Crippen LogP contribution is -2.32. The third-order valence-corrected chi connectivity index (χ3v) is 6.03. The van der Waals surface area contributed by atoms with Crippen LogP contribution in [-0.2, 0) is 0 Å². The van der Waals surface area contributed by atoms with Crippen molar-refractivity contribution in [2.75, 3.05) is 20.2 Å². The van der Waals surface area contributed by atoms with Crippen LogP contribution >= 0.6 is 11.3 Å². The summed E-state index contributed by atoms with van der Waals surface area (Å²) < 4.78 is 6.01. The van der Waals surface area contributed by atoms with Gasteiger partial charge in [0.1, 0.15) is 28.2 Å². The molecule has 3 N–H and O–H groups in total. The SMILES string of the molecule is CN1CCC(c2c(O)cc(O)c3c(=O)cc(-c4cccs4)oc23)C1CO. The van der Waals surface area contributed by atoms with Crippen LogP contribution in [0.25, 0.3) is 21.6 Å². The van der Waals surface area contributed by atoms with Crippen LogP contribution in [0.3, 0.4) is 0 Å². The van der Waals surface area contributed by atoms with Crippen LogP contribution in [0, 0.1) is 0 Å². The lowest BCUT2D eigenvalue weighted by Gasteiger charge is -2.24. The highest BCUT2D eigenvalue weighted by Crippen LogP contribution is 2.44. The van der Waals surface area contributed by atoms with Gasteiger partial charge in [0.2, 0.25) is 0 Å². The molecule has 1 aliphatic heterocycles. The van der Waals surface area contributed by atoms with Crippen molar-refractivity contribution in [1.29, 1.82) is 0 Å². The maximum Gasteiger partial charge on any atom is 0.197 e. The van der Waals surface area contributed by atoms with Gasteiger partial charge in [0, 0.05) is 29.7 Å². The quantitative estimate of drug-likeness (QED) is 0.654. The van der Waals surface area contributed by atoms with E-state index in [-0.39, 0.29) is 46.5 Å². The summed E-state index contributed by atoms with van der Waals surface area (Å²) >= 11 is 1.44. The van der Waals surface area contributed by atoms with Gasteiger partial charge in [-0.1, -0.05) is 6.07 Å². The number of fused-ring (bicyclic) bond motifs is 1. The van der Waals surface area contributed by atoms with Crippen molar-refractivity contribution in [3.63, 3.8) is 0 Å². The Morgan fingerprint density at radius 1 is 1.31 bits per heavy atom. The third kappa shape index (κ3) is 2.59. The minimum atomic E-state index is -0.361. The number of benzene rings is 1. The number of hydrogen-bond donors (Lipinski definition) is 3. The van der Waals surface area contributed by atoms with Crippen LogP contribution in [0.5, 0.6) is 11.5 Å². The van der Waals surface area contributed by atoms with Crippen LogP contribution in [0.1, 0.15) is 17.9 Å². The fourth-order valence-corrected chi connectivity index (χ4v) is 4.51. The minimum Gasteiger partial charge on any atom is -0.507 e. The van der Waals surface area contributed by atoms with Crippen molar-refractivity contribution >= 4 is 22.3 Å². The van der Waals surface area contributed by atoms with Gasteiger partial charge in [0.25, 0.3) is 0 Å². The molecule has 7 heteroatoms. The van der Waals surface area contributed by atoms with E-state index < -0.39 is 0 Å². The second-order valence-electron chi connectivity index (χ2n) is 6.61. The number of hydrogen-bond acceptors (Lipinski definition) is 7. The van der Waals surface area contributed by atoms with E-state index in [2.05, 4.69) is 0 Å². The Morgan fingerprint density at radius 2 is 2.12 bits per heavy atom. The lowest BCUT2D eigenvalue weighted by molar-refractivity contribution is 0.172. The first-order valence-corrected chi connectivity index (χ1v) is 9.27. The van der Waals surface area contributed by atoms with E-state index in [0.717, 1.165) is 11.4 Å². The van der Waals surface area contributed by atoms with Gasteiger partial charge >= 0.3 is 0 Å². The number of aliphatic hydroxyl groups is 1. The molecule has 6 nitrogen and oxygen atoms in total. The topological polar surface area (TPSA) is 94.1 Å². The molecule has 3 aromatic rings. The van der Waals surface area contributed by atoms with Gasteiger partial charge < -0.3 is 24.6 Å². The summed E-state index contributed by atoms with van der Waals surface area (Å²) in [5.41, 5.74) is 0.300. The summed E-state index contributed by atoms with van der Waals surface area (Å²) in [4.78, 5) is 15.5. The first kappa shape index (κ1) is 17.1. The zero-order valence-electron chi connectivity index (χ0n) is 14.2. The average molecular weight is 373 g/mol. The molecule has 26 heavy (non-hydrogen) atoms. The maximum atomic E-state index is 12.7. The van der Waals surface area contributed by atoms with Gasteiger partial charge in [-0.25, -0.2) is 0 Å². The summed E-state index contributed by atoms with van der Waals surface area (Å²) in [7, 11) is 1.91. The number of likely N-dealkylation sites (N-methyl/N-ethyl adjacent to an activating group) is 1. The number of rotatable bonds is 3. The van der Waals surface area contributed by atoms with Crippen LogP contribution in [0.4, 0.5) is 0 Å². The lowest BCUT2D eigenvalue weighted by atomic mass is 9.89. The molecule has 0 amide bonds. The molecule has 0 radical (unpaired) electrons. The monoisotopic (exact) mass is 373 g/mol. The highest BCUT2D eigenvalue weighted by molar-refractivity contribution is 7.13. The first-order valence-electron chi connectivity index (χ1n) is 8.39. The Morgan fingerprint density at radius 3 is 2.81 bits per heavy atom. The molecule has 1 fully saturated rings. The normalized spacial score (nSPS) is 20.8. The summed E-state index contributed by atoms with van der Waals surface area (Å²) in [6, 6.07) is 6.06. The molecule has 0 bridgehead atoms. The van der Waals surface area contributed by atoms with Gasteiger partial charge in [-0.15, -0.1) is 11.3 Å². The number of aliphatic hydroxyl groups excluding tert-OH is 1. The Bertz CT molecular complexity index is 1010. The molecule has 4 rings (SSSR count). The predicted octanol–water partition coefficient (Wildman–Crippen LogP) is 2.71. The number of nitrogens with zero attached hydrogens (tertiary/aromatic N) is 1. The van der Waals surface area contributed by atoms with E-state index in [9.17, 15) is 20.1 Å². The molecule has 136 valence electrons. The maximum absolute atomic E-state index is 12.7. The Balaban J connectivity index is 2.02. The Labute approximate surface area is 153 Å². The second-order valence-corrected chi connectivity index (χ2v) is 7.56. The first-order chi connectivity index (χ1) is 12.5. The molecule has 0 spiro atoms. The van der Waals surface area contributed by atoms with Gasteiger partial charge in [-0.05, 0) is 31.5 Å². The number of phenols is 2. The predicted molar refractivity (Wildman–Crippen MR) is 100.0 cm³/mol.